The molecule has 3 nitrogen and oxygen atoms in total. The van der Waals surface area contributed by atoms with Crippen LogP contribution in [0.25, 0.3) is 0 Å². The summed E-state index contributed by atoms with van der Waals surface area (Å²) in [7, 11) is 0. The molecule has 3 heteroatoms. The Kier molecular flexibility index (Phi) is 5.62. The lowest BCUT2D eigenvalue weighted by atomic mass is 10.0. The Bertz CT molecular complexity index is 350. The number of aliphatic hydroxyl groups excluding tert-OH is 1. The number of hydrogen-bond acceptors (Lipinski definition) is 1. The van der Waals surface area contributed by atoms with Crippen molar-refractivity contribution in [3.63, 3.8) is 0 Å². The Labute approximate surface area is 138 Å². The molecule has 0 aromatic heterocycles. The number of rotatable bonds is 6. The van der Waals surface area contributed by atoms with Crippen molar-refractivity contribution in [2.45, 2.75) is 54.2 Å². The molecule has 2 fully saturated rings. The zero-order valence-electron chi connectivity index (χ0n) is 15.9. The van der Waals surface area contributed by atoms with Gasteiger partial charge in [-0.25, -0.2) is 0 Å². The van der Waals surface area contributed by atoms with Crippen LogP contribution in [0, 0.1) is 23.7 Å². The number of nitrogens with zero attached hydrogens (tertiary/aromatic N) is 2. The van der Waals surface area contributed by atoms with Gasteiger partial charge in [-0.1, -0.05) is 27.7 Å². The van der Waals surface area contributed by atoms with E-state index < -0.39 is 0 Å². The summed E-state index contributed by atoms with van der Waals surface area (Å²) in [4.78, 5) is 0. The minimum atomic E-state index is -0.162. The number of likely N-dealkylation sites (tertiary alicyclic amines) is 2. The summed E-state index contributed by atoms with van der Waals surface area (Å²) < 4.78 is 2.17. The van der Waals surface area contributed by atoms with E-state index in [4.69, 9.17) is 0 Å². The van der Waals surface area contributed by atoms with E-state index in [0.29, 0.717) is 0 Å². The normalized spacial score (nSPS) is 47.0. The maximum absolute atomic E-state index is 11.0. The molecular weight excluding hydrogens is 272 g/mol. The molecule has 0 radical (unpaired) electrons. The van der Waals surface area contributed by atoms with Crippen LogP contribution >= 0.6 is 0 Å². The van der Waals surface area contributed by atoms with Crippen molar-refractivity contribution in [3.8, 4) is 0 Å². The molecule has 130 valence electrons. The highest BCUT2D eigenvalue weighted by atomic mass is 16.3. The van der Waals surface area contributed by atoms with Gasteiger partial charge in [-0.15, -0.1) is 0 Å². The van der Waals surface area contributed by atoms with Crippen molar-refractivity contribution in [2.75, 3.05) is 45.8 Å². The fraction of sp³-hybridized carbons (Fsp3) is 1.00. The predicted molar refractivity (Wildman–Crippen MR) is 93.2 cm³/mol. The monoisotopic (exact) mass is 312 g/mol. The van der Waals surface area contributed by atoms with Crippen LogP contribution in [0.5, 0.6) is 0 Å². The second-order valence-electron chi connectivity index (χ2n) is 8.82. The van der Waals surface area contributed by atoms with E-state index in [2.05, 4.69) is 41.5 Å². The fourth-order valence-corrected chi connectivity index (χ4v) is 5.21. The molecule has 0 bridgehead atoms. The van der Waals surface area contributed by atoms with E-state index in [0.717, 1.165) is 60.8 Å². The summed E-state index contributed by atoms with van der Waals surface area (Å²) in [6.07, 6.45) is 0.811. The molecule has 2 aliphatic rings. The molecule has 0 spiro atoms. The van der Waals surface area contributed by atoms with Gasteiger partial charge in [0.15, 0.2) is 6.23 Å². The van der Waals surface area contributed by atoms with Gasteiger partial charge < -0.3 is 9.59 Å². The standard InChI is InChI=1S/C19H40N2O/c1-7-20(11-15(3)16(4)12-20)10-9-19(22)21(8-2)13-17(5)18(6)14-21/h15-19,22H,7-14H2,1-6H3/q+2. The van der Waals surface area contributed by atoms with Gasteiger partial charge in [0, 0.05) is 23.7 Å². The summed E-state index contributed by atoms with van der Waals surface area (Å²) in [6.45, 7) is 22.5. The third-order valence-electron chi connectivity index (χ3n) is 7.39. The van der Waals surface area contributed by atoms with Crippen LogP contribution < -0.4 is 0 Å². The van der Waals surface area contributed by atoms with Crippen molar-refractivity contribution >= 4 is 0 Å². The molecule has 0 aromatic carbocycles. The molecule has 0 aromatic rings. The quantitative estimate of drug-likeness (QED) is 0.748. The van der Waals surface area contributed by atoms with Crippen molar-refractivity contribution in [2.24, 2.45) is 23.7 Å². The summed E-state index contributed by atoms with van der Waals surface area (Å²) in [5, 5.41) is 11.0. The summed E-state index contributed by atoms with van der Waals surface area (Å²) in [6, 6.07) is 0. The van der Waals surface area contributed by atoms with Crippen molar-refractivity contribution < 1.29 is 14.1 Å². The first kappa shape index (κ1) is 18.2. The average molecular weight is 313 g/mol. The summed E-state index contributed by atoms with van der Waals surface area (Å²) >= 11 is 0. The molecular formula is C19H40N2O+2. The van der Waals surface area contributed by atoms with E-state index in [1.165, 1.54) is 24.1 Å². The maximum atomic E-state index is 11.0. The Morgan fingerprint density at radius 2 is 1.27 bits per heavy atom. The van der Waals surface area contributed by atoms with Crippen LogP contribution in [0.2, 0.25) is 0 Å². The highest BCUT2D eigenvalue weighted by Gasteiger charge is 2.46. The Morgan fingerprint density at radius 1 is 0.818 bits per heavy atom. The largest absolute Gasteiger partial charge is 0.345 e. The molecule has 2 heterocycles. The predicted octanol–water partition coefficient (Wildman–Crippen LogP) is 2.94. The van der Waals surface area contributed by atoms with Crippen LogP contribution in [-0.2, 0) is 0 Å². The molecule has 2 rings (SSSR count). The van der Waals surface area contributed by atoms with E-state index in [9.17, 15) is 5.11 Å². The SMILES string of the molecule is CC[N+]1(CCC(O)[N+]2(CC)CC(C)C(C)C2)CC(C)C(C)C1. The van der Waals surface area contributed by atoms with Crippen molar-refractivity contribution in [1.29, 1.82) is 0 Å². The molecule has 5 atom stereocenters. The number of hydrogen-bond donors (Lipinski definition) is 1. The minimum absolute atomic E-state index is 0.162. The first-order valence-corrected chi connectivity index (χ1v) is 9.66. The molecule has 5 unspecified atom stereocenters. The minimum Gasteiger partial charge on any atom is -0.345 e. The smallest absolute Gasteiger partial charge is 0.196 e. The van der Waals surface area contributed by atoms with E-state index >= 15 is 0 Å². The van der Waals surface area contributed by atoms with E-state index in [-0.39, 0.29) is 6.23 Å². The fourth-order valence-electron chi connectivity index (χ4n) is 5.21. The van der Waals surface area contributed by atoms with Crippen LogP contribution in [0.1, 0.15) is 48.0 Å². The van der Waals surface area contributed by atoms with Crippen molar-refractivity contribution in [3.05, 3.63) is 0 Å². The van der Waals surface area contributed by atoms with Gasteiger partial charge in [-0.3, -0.25) is 4.48 Å². The van der Waals surface area contributed by atoms with Gasteiger partial charge in [0.25, 0.3) is 0 Å². The lowest BCUT2D eigenvalue weighted by molar-refractivity contribution is -0.970. The second kappa shape index (κ2) is 6.78. The molecule has 0 saturated carbocycles. The maximum Gasteiger partial charge on any atom is 0.196 e. The van der Waals surface area contributed by atoms with Crippen molar-refractivity contribution in [1.82, 2.24) is 0 Å². The molecule has 2 aliphatic heterocycles. The highest BCUT2D eigenvalue weighted by molar-refractivity contribution is 4.72. The van der Waals surface area contributed by atoms with Gasteiger partial charge >= 0.3 is 0 Å². The Morgan fingerprint density at radius 3 is 1.68 bits per heavy atom. The second-order valence-corrected chi connectivity index (χ2v) is 8.82. The van der Waals surface area contributed by atoms with Gasteiger partial charge in [0.2, 0.25) is 0 Å². The third-order valence-corrected chi connectivity index (χ3v) is 7.39. The molecule has 2 saturated heterocycles. The van der Waals surface area contributed by atoms with Gasteiger partial charge in [0.05, 0.1) is 52.2 Å². The topological polar surface area (TPSA) is 20.2 Å². The summed E-state index contributed by atoms with van der Waals surface area (Å²) in [5.74, 6) is 3.16. The van der Waals surface area contributed by atoms with Crippen LogP contribution in [0.4, 0.5) is 0 Å². The lowest BCUT2D eigenvalue weighted by Gasteiger charge is -2.40. The van der Waals surface area contributed by atoms with Gasteiger partial charge in [-0.05, 0) is 13.8 Å². The summed E-state index contributed by atoms with van der Waals surface area (Å²) in [5.41, 5.74) is 0. The van der Waals surface area contributed by atoms with E-state index in [1.54, 1.807) is 0 Å². The number of quaternary nitrogens is 2. The Balaban J connectivity index is 1.98. The molecule has 0 aliphatic carbocycles. The van der Waals surface area contributed by atoms with Gasteiger partial charge in [0.1, 0.15) is 0 Å². The van der Waals surface area contributed by atoms with Crippen LogP contribution in [0.15, 0.2) is 0 Å². The first-order chi connectivity index (χ1) is 10.3. The van der Waals surface area contributed by atoms with Crippen LogP contribution in [0.3, 0.4) is 0 Å². The third kappa shape index (κ3) is 3.37. The first-order valence-electron chi connectivity index (χ1n) is 9.66. The van der Waals surface area contributed by atoms with Gasteiger partial charge in [-0.2, -0.15) is 0 Å². The van der Waals surface area contributed by atoms with E-state index in [1.807, 2.05) is 0 Å². The lowest BCUT2D eigenvalue weighted by Crippen LogP contribution is -2.56. The van der Waals surface area contributed by atoms with Crippen LogP contribution in [-0.4, -0.2) is 66.1 Å². The number of aliphatic hydroxyl groups is 1. The zero-order valence-corrected chi connectivity index (χ0v) is 15.9. The molecule has 22 heavy (non-hydrogen) atoms. The average Bonchev–Trinajstić information content (AvgIpc) is 2.95. The highest BCUT2D eigenvalue weighted by Crippen LogP contribution is 2.34. The zero-order chi connectivity index (χ0) is 16.5. The Hall–Kier alpha value is -0.120. The molecule has 1 N–H and O–H groups in total. The molecule has 0 amide bonds.